The molecule has 5 heteroatoms. The molecule has 84 valence electrons. The molecule has 17 heavy (non-hydrogen) atoms. The van der Waals surface area contributed by atoms with Crippen LogP contribution in [0.5, 0.6) is 0 Å². The van der Waals surface area contributed by atoms with E-state index >= 15 is 0 Å². The summed E-state index contributed by atoms with van der Waals surface area (Å²) in [7, 11) is 0. The van der Waals surface area contributed by atoms with E-state index in [2.05, 4.69) is 16.0 Å². The molecule has 1 aliphatic carbocycles. The van der Waals surface area contributed by atoms with Crippen LogP contribution in [0.4, 0.5) is 5.82 Å². The van der Waals surface area contributed by atoms with Crippen molar-refractivity contribution in [2.45, 2.75) is 18.8 Å². The number of nitrogens with two attached hydrogens (primary N) is 1. The van der Waals surface area contributed by atoms with Gasteiger partial charge in [-0.25, -0.2) is 9.97 Å². The van der Waals surface area contributed by atoms with Gasteiger partial charge in [-0.15, -0.1) is 11.3 Å². The van der Waals surface area contributed by atoms with Crippen LogP contribution in [0.3, 0.4) is 0 Å². The molecule has 0 spiro atoms. The van der Waals surface area contributed by atoms with Gasteiger partial charge in [-0.3, -0.25) is 0 Å². The first-order valence-electron chi connectivity index (χ1n) is 5.41. The maximum atomic E-state index is 8.81. The topological polar surface area (TPSA) is 75.6 Å². The van der Waals surface area contributed by atoms with Crippen molar-refractivity contribution < 1.29 is 0 Å². The molecule has 2 N–H and O–H groups in total. The fourth-order valence-electron chi connectivity index (χ4n) is 1.67. The number of nitrogens with zero attached hydrogens (tertiary/aromatic N) is 3. The van der Waals surface area contributed by atoms with Crippen LogP contribution in [-0.4, -0.2) is 9.97 Å². The van der Waals surface area contributed by atoms with Gasteiger partial charge in [0, 0.05) is 12.0 Å². The van der Waals surface area contributed by atoms with Gasteiger partial charge >= 0.3 is 0 Å². The Morgan fingerprint density at radius 1 is 1.35 bits per heavy atom. The molecule has 1 aliphatic rings. The highest BCUT2D eigenvalue weighted by Gasteiger charge is 2.27. The second kappa shape index (κ2) is 3.82. The van der Waals surface area contributed by atoms with E-state index in [0.29, 0.717) is 16.6 Å². The molecule has 0 atom stereocenters. The summed E-state index contributed by atoms with van der Waals surface area (Å²) in [6.45, 7) is 0. The van der Waals surface area contributed by atoms with Crippen LogP contribution < -0.4 is 5.73 Å². The molecule has 0 saturated heterocycles. The maximum absolute atomic E-state index is 8.81. The quantitative estimate of drug-likeness (QED) is 0.878. The van der Waals surface area contributed by atoms with Crippen molar-refractivity contribution in [1.82, 2.24) is 9.97 Å². The molecule has 0 radical (unpaired) electrons. The van der Waals surface area contributed by atoms with Crippen molar-refractivity contribution in [2.75, 3.05) is 5.73 Å². The Morgan fingerprint density at radius 3 is 2.82 bits per heavy atom. The Morgan fingerprint density at radius 2 is 2.18 bits per heavy atom. The summed E-state index contributed by atoms with van der Waals surface area (Å²) in [5.41, 5.74) is 6.62. The van der Waals surface area contributed by atoms with Crippen molar-refractivity contribution >= 4 is 17.2 Å². The molecule has 2 heterocycles. The van der Waals surface area contributed by atoms with Crippen LogP contribution in [0.15, 0.2) is 18.2 Å². The minimum absolute atomic E-state index is 0.479. The second-order valence-electron chi connectivity index (χ2n) is 4.09. The molecule has 2 aromatic rings. The number of aromatic nitrogens is 2. The highest BCUT2D eigenvalue weighted by molar-refractivity contribution is 7.15. The smallest absolute Gasteiger partial charge is 0.134 e. The molecule has 2 aromatic heterocycles. The van der Waals surface area contributed by atoms with E-state index in [9.17, 15) is 0 Å². The van der Waals surface area contributed by atoms with Crippen LogP contribution in [0, 0.1) is 11.3 Å². The molecule has 0 bridgehead atoms. The predicted molar refractivity (Wildman–Crippen MR) is 66.4 cm³/mol. The van der Waals surface area contributed by atoms with Gasteiger partial charge in [0.05, 0.1) is 10.6 Å². The Kier molecular flexibility index (Phi) is 2.30. The van der Waals surface area contributed by atoms with E-state index in [-0.39, 0.29) is 0 Å². The van der Waals surface area contributed by atoms with E-state index in [1.807, 2.05) is 6.07 Å². The summed E-state index contributed by atoms with van der Waals surface area (Å²) in [5, 5.41) is 8.81. The first-order valence-corrected chi connectivity index (χ1v) is 6.22. The highest BCUT2D eigenvalue weighted by Crippen LogP contribution is 2.39. The van der Waals surface area contributed by atoms with Gasteiger partial charge in [-0.05, 0) is 25.0 Å². The molecule has 0 aromatic carbocycles. The van der Waals surface area contributed by atoms with Crippen molar-refractivity contribution in [1.29, 1.82) is 5.26 Å². The molecule has 0 amide bonds. The van der Waals surface area contributed by atoms with Crippen molar-refractivity contribution in [3.05, 3.63) is 28.9 Å². The normalized spacial score (nSPS) is 14.5. The number of thiophene rings is 1. The lowest BCUT2D eigenvalue weighted by molar-refractivity contribution is 0.937. The highest BCUT2D eigenvalue weighted by atomic mass is 32.1. The molecule has 1 fully saturated rings. The van der Waals surface area contributed by atoms with Gasteiger partial charge in [0.2, 0.25) is 0 Å². The molecular weight excluding hydrogens is 232 g/mol. The standard InChI is InChI=1S/C12H10N4S/c13-6-8-3-4-10(17-8)9-5-11(14)16-12(15-9)7-1-2-7/h3-5,7H,1-2H2,(H2,14,15,16). The van der Waals surface area contributed by atoms with Crippen LogP contribution >= 0.6 is 11.3 Å². The van der Waals surface area contributed by atoms with Crippen LogP contribution in [0.2, 0.25) is 0 Å². The first-order chi connectivity index (χ1) is 8.26. The lowest BCUT2D eigenvalue weighted by Crippen LogP contribution is -1.99. The zero-order chi connectivity index (χ0) is 11.8. The van der Waals surface area contributed by atoms with Gasteiger partial charge < -0.3 is 5.73 Å². The zero-order valence-electron chi connectivity index (χ0n) is 9.05. The van der Waals surface area contributed by atoms with E-state index in [1.54, 1.807) is 12.1 Å². The van der Waals surface area contributed by atoms with Gasteiger partial charge in [-0.2, -0.15) is 5.26 Å². The van der Waals surface area contributed by atoms with E-state index in [0.717, 1.165) is 29.2 Å². The minimum Gasteiger partial charge on any atom is -0.384 e. The molecule has 0 aliphatic heterocycles. The Labute approximate surface area is 103 Å². The Bertz CT molecular complexity index is 607. The number of hydrogen-bond acceptors (Lipinski definition) is 5. The third-order valence-corrected chi connectivity index (χ3v) is 3.69. The third kappa shape index (κ3) is 1.99. The van der Waals surface area contributed by atoms with Gasteiger partial charge in [0.25, 0.3) is 0 Å². The van der Waals surface area contributed by atoms with Crippen molar-refractivity contribution in [3.8, 4) is 16.6 Å². The summed E-state index contributed by atoms with van der Waals surface area (Å²) < 4.78 is 0. The van der Waals surface area contributed by atoms with Crippen molar-refractivity contribution in [3.63, 3.8) is 0 Å². The lowest BCUT2D eigenvalue weighted by Gasteiger charge is -2.02. The monoisotopic (exact) mass is 242 g/mol. The number of rotatable bonds is 2. The van der Waals surface area contributed by atoms with Gasteiger partial charge in [0.1, 0.15) is 22.6 Å². The number of nitrogen functional groups attached to an aromatic ring is 1. The van der Waals surface area contributed by atoms with Gasteiger partial charge in [0.15, 0.2) is 0 Å². The summed E-state index contributed by atoms with van der Waals surface area (Å²) in [4.78, 5) is 10.4. The zero-order valence-corrected chi connectivity index (χ0v) is 9.87. The van der Waals surface area contributed by atoms with E-state index in [4.69, 9.17) is 11.0 Å². The Balaban J connectivity index is 2.04. The molecule has 0 unspecified atom stereocenters. The van der Waals surface area contributed by atoms with E-state index < -0.39 is 0 Å². The van der Waals surface area contributed by atoms with Crippen LogP contribution in [-0.2, 0) is 0 Å². The second-order valence-corrected chi connectivity index (χ2v) is 5.17. The number of hydrogen-bond donors (Lipinski definition) is 1. The van der Waals surface area contributed by atoms with Gasteiger partial charge in [-0.1, -0.05) is 0 Å². The SMILES string of the molecule is N#Cc1ccc(-c2cc(N)nc(C3CC3)n2)s1. The molecular formula is C12H10N4S. The summed E-state index contributed by atoms with van der Waals surface area (Å²) in [5.74, 6) is 1.82. The van der Waals surface area contributed by atoms with E-state index in [1.165, 1.54) is 11.3 Å². The summed E-state index contributed by atoms with van der Waals surface area (Å²) >= 11 is 1.43. The average molecular weight is 242 g/mol. The largest absolute Gasteiger partial charge is 0.384 e. The lowest BCUT2D eigenvalue weighted by atomic mass is 10.3. The molecule has 3 rings (SSSR count). The number of anilines is 1. The van der Waals surface area contributed by atoms with Crippen molar-refractivity contribution in [2.24, 2.45) is 0 Å². The molecule has 1 saturated carbocycles. The predicted octanol–water partition coefficient (Wildman–Crippen LogP) is 2.54. The number of nitriles is 1. The maximum Gasteiger partial charge on any atom is 0.134 e. The van der Waals surface area contributed by atoms with Crippen LogP contribution in [0.1, 0.15) is 29.5 Å². The molecule has 4 nitrogen and oxygen atoms in total. The summed E-state index contributed by atoms with van der Waals surface area (Å²) in [6, 6.07) is 7.59. The van der Waals surface area contributed by atoms with Crippen LogP contribution in [0.25, 0.3) is 10.6 Å². The average Bonchev–Trinajstić information content (AvgIpc) is 3.06. The minimum atomic E-state index is 0.479. The fraction of sp³-hybridized carbons (Fsp3) is 0.250. The third-order valence-electron chi connectivity index (χ3n) is 2.67. The first kappa shape index (κ1) is 10.2. The fourth-order valence-corrected chi connectivity index (χ4v) is 2.44. The summed E-state index contributed by atoms with van der Waals surface area (Å²) in [6.07, 6.45) is 2.30. The Hall–Kier alpha value is -1.93.